The molecule has 2 aromatic rings. The minimum absolute atomic E-state index is 0.0355. The number of anilines is 1. The van der Waals surface area contributed by atoms with Crippen molar-refractivity contribution < 1.29 is 23.3 Å². The van der Waals surface area contributed by atoms with Crippen molar-refractivity contribution in [2.75, 3.05) is 18.9 Å². The number of carbonyl (C=O) groups is 2. The third-order valence-electron chi connectivity index (χ3n) is 3.38. The Morgan fingerprint density at radius 3 is 2.44 bits per heavy atom. The van der Waals surface area contributed by atoms with Crippen LogP contribution in [0.25, 0.3) is 0 Å². The number of hydrogen-bond donors (Lipinski definition) is 3. The summed E-state index contributed by atoms with van der Waals surface area (Å²) in [6, 6.07) is 9.10. The van der Waals surface area contributed by atoms with Crippen molar-refractivity contribution in [1.82, 2.24) is 5.32 Å². The molecule has 0 radical (unpaired) electrons. The molecule has 1 atom stereocenters. The van der Waals surface area contributed by atoms with Crippen LogP contribution in [-0.2, 0) is 11.3 Å². The fourth-order valence-electron chi connectivity index (χ4n) is 2.23. The van der Waals surface area contributed by atoms with E-state index in [-0.39, 0.29) is 23.8 Å². The topological polar surface area (TPSA) is 62.6 Å². The lowest BCUT2D eigenvalue weighted by molar-refractivity contribution is -0.885. The first kappa shape index (κ1) is 18.8. The molecule has 25 heavy (non-hydrogen) atoms. The van der Waals surface area contributed by atoms with Crippen molar-refractivity contribution in [2.45, 2.75) is 6.54 Å². The van der Waals surface area contributed by atoms with Gasteiger partial charge in [0.05, 0.1) is 23.3 Å². The zero-order valence-electron chi connectivity index (χ0n) is 13.4. The van der Waals surface area contributed by atoms with Gasteiger partial charge in [0.15, 0.2) is 6.54 Å². The van der Waals surface area contributed by atoms with Gasteiger partial charge in [-0.05, 0) is 24.3 Å². The molecule has 0 heterocycles. The van der Waals surface area contributed by atoms with E-state index in [1.807, 2.05) is 0 Å². The quantitative estimate of drug-likeness (QED) is 0.755. The molecule has 3 amide bonds. The van der Waals surface area contributed by atoms with Gasteiger partial charge in [-0.25, -0.2) is 13.6 Å². The van der Waals surface area contributed by atoms with Gasteiger partial charge in [-0.1, -0.05) is 29.8 Å². The molecule has 0 fully saturated rings. The van der Waals surface area contributed by atoms with Crippen LogP contribution in [-0.4, -0.2) is 25.5 Å². The van der Waals surface area contributed by atoms with E-state index < -0.39 is 23.6 Å². The van der Waals surface area contributed by atoms with Crippen LogP contribution in [0.4, 0.5) is 19.3 Å². The highest BCUT2D eigenvalue weighted by Gasteiger charge is 2.17. The maximum Gasteiger partial charge on any atom is 0.326 e. The highest BCUT2D eigenvalue weighted by Crippen LogP contribution is 2.17. The minimum atomic E-state index is -0.841. The van der Waals surface area contributed by atoms with E-state index in [9.17, 15) is 18.4 Å². The Labute approximate surface area is 148 Å². The number of halogens is 3. The molecule has 0 aliphatic rings. The van der Waals surface area contributed by atoms with Crippen molar-refractivity contribution in [2.24, 2.45) is 0 Å². The lowest BCUT2D eigenvalue weighted by Crippen LogP contribution is -3.09. The largest absolute Gasteiger partial charge is 0.326 e. The molecule has 0 aliphatic carbocycles. The van der Waals surface area contributed by atoms with Gasteiger partial charge >= 0.3 is 6.03 Å². The number of carbonyl (C=O) groups excluding carboxylic acids is 2. The van der Waals surface area contributed by atoms with Crippen LogP contribution in [0.3, 0.4) is 0 Å². The second-order valence-electron chi connectivity index (χ2n) is 5.49. The van der Waals surface area contributed by atoms with Gasteiger partial charge in [0.25, 0.3) is 5.91 Å². The third-order valence-corrected chi connectivity index (χ3v) is 3.73. The standard InChI is InChI=1S/C17H16ClF2N3O2/c1-23(9-11-12(18)5-4-7-13(11)19)10-16(24)22-17(25)21-15-8-3-2-6-14(15)20/h2-8H,9-10H2,1H3,(H2,21,22,24,25)/p+1. The van der Waals surface area contributed by atoms with Crippen molar-refractivity contribution in [1.29, 1.82) is 0 Å². The van der Waals surface area contributed by atoms with Crippen molar-refractivity contribution in [3.63, 3.8) is 0 Å². The van der Waals surface area contributed by atoms with E-state index in [1.54, 1.807) is 19.2 Å². The maximum absolute atomic E-state index is 13.7. The summed E-state index contributed by atoms with van der Waals surface area (Å²) in [5, 5.41) is 4.62. The van der Waals surface area contributed by atoms with Crippen molar-refractivity contribution in [3.8, 4) is 0 Å². The number of hydrogen-bond acceptors (Lipinski definition) is 2. The first-order valence-electron chi connectivity index (χ1n) is 7.46. The molecule has 2 rings (SSSR count). The van der Waals surface area contributed by atoms with Crippen LogP contribution >= 0.6 is 11.6 Å². The second kappa shape index (κ2) is 8.55. The zero-order valence-corrected chi connectivity index (χ0v) is 14.2. The van der Waals surface area contributed by atoms with Crippen molar-refractivity contribution in [3.05, 3.63) is 64.7 Å². The number of likely N-dealkylation sites (N-methyl/N-ethyl adjacent to an activating group) is 1. The summed E-state index contributed by atoms with van der Waals surface area (Å²) in [7, 11) is 1.66. The number of urea groups is 1. The fraction of sp³-hybridized carbons (Fsp3) is 0.176. The van der Waals surface area contributed by atoms with Crippen molar-refractivity contribution >= 4 is 29.2 Å². The molecule has 132 valence electrons. The third kappa shape index (κ3) is 5.51. The molecule has 0 spiro atoms. The Balaban J connectivity index is 1.87. The molecular formula is C17H17ClF2N3O2+. The Kier molecular flexibility index (Phi) is 6.44. The number of quaternary nitrogens is 1. The van der Waals surface area contributed by atoms with Crippen LogP contribution in [0.1, 0.15) is 5.56 Å². The Morgan fingerprint density at radius 2 is 1.76 bits per heavy atom. The molecular weight excluding hydrogens is 352 g/mol. The van der Waals surface area contributed by atoms with Gasteiger partial charge in [-0.3, -0.25) is 10.1 Å². The summed E-state index contributed by atoms with van der Waals surface area (Å²) in [6.45, 7) is 0.0865. The number of nitrogens with one attached hydrogen (secondary N) is 3. The molecule has 5 nitrogen and oxygen atoms in total. The molecule has 0 bridgehead atoms. The summed E-state index contributed by atoms with van der Waals surface area (Å²) >= 11 is 5.95. The maximum atomic E-state index is 13.7. The molecule has 1 unspecified atom stereocenters. The number of imide groups is 1. The minimum Gasteiger partial charge on any atom is -0.326 e. The summed E-state index contributed by atoms with van der Waals surface area (Å²) in [6.07, 6.45) is 0. The summed E-state index contributed by atoms with van der Waals surface area (Å²) in [5.74, 6) is -1.65. The number of rotatable bonds is 5. The average molecular weight is 369 g/mol. The molecule has 8 heteroatoms. The molecule has 3 N–H and O–H groups in total. The van der Waals surface area contributed by atoms with E-state index in [4.69, 9.17) is 11.6 Å². The van der Waals surface area contributed by atoms with Gasteiger partial charge < -0.3 is 10.2 Å². The average Bonchev–Trinajstić information content (AvgIpc) is 2.53. The Hall–Kier alpha value is -2.51. The van der Waals surface area contributed by atoms with E-state index in [2.05, 4.69) is 10.6 Å². The van der Waals surface area contributed by atoms with Gasteiger partial charge in [-0.2, -0.15) is 0 Å². The van der Waals surface area contributed by atoms with E-state index in [0.717, 1.165) is 0 Å². The Bertz CT molecular complexity index is 766. The predicted octanol–water partition coefficient (Wildman–Crippen LogP) is 1.98. The van der Waals surface area contributed by atoms with Gasteiger partial charge in [-0.15, -0.1) is 0 Å². The van der Waals surface area contributed by atoms with E-state index >= 15 is 0 Å². The monoisotopic (exact) mass is 368 g/mol. The van der Waals surface area contributed by atoms with Gasteiger partial charge in [0.1, 0.15) is 18.2 Å². The smallest absolute Gasteiger partial charge is 0.326 e. The number of amides is 3. The molecule has 0 saturated carbocycles. The molecule has 0 aliphatic heterocycles. The summed E-state index contributed by atoms with van der Waals surface area (Å²) in [5.41, 5.74) is 0.261. The Morgan fingerprint density at radius 1 is 1.08 bits per heavy atom. The second-order valence-corrected chi connectivity index (χ2v) is 5.90. The van der Waals surface area contributed by atoms with Gasteiger partial charge in [0, 0.05) is 0 Å². The molecule has 0 saturated heterocycles. The zero-order chi connectivity index (χ0) is 18.4. The molecule has 2 aromatic carbocycles. The lowest BCUT2D eigenvalue weighted by Gasteiger charge is -2.15. The fourth-order valence-corrected chi connectivity index (χ4v) is 2.46. The first-order chi connectivity index (χ1) is 11.9. The summed E-state index contributed by atoms with van der Waals surface area (Å²) in [4.78, 5) is 24.2. The van der Waals surface area contributed by atoms with Crippen LogP contribution in [0.2, 0.25) is 5.02 Å². The predicted molar refractivity (Wildman–Crippen MR) is 90.4 cm³/mol. The highest BCUT2D eigenvalue weighted by molar-refractivity contribution is 6.31. The normalized spacial score (nSPS) is 11.7. The first-order valence-corrected chi connectivity index (χ1v) is 7.84. The number of benzene rings is 2. The van der Waals surface area contributed by atoms with E-state index in [1.165, 1.54) is 30.3 Å². The van der Waals surface area contributed by atoms with Crippen LogP contribution in [0.15, 0.2) is 42.5 Å². The molecule has 0 aromatic heterocycles. The lowest BCUT2D eigenvalue weighted by atomic mass is 10.2. The summed E-state index contributed by atoms with van der Waals surface area (Å²) < 4.78 is 27.2. The van der Waals surface area contributed by atoms with Crippen LogP contribution < -0.4 is 15.5 Å². The number of para-hydroxylation sites is 1. The van der Waals surface area contributed by atoms with Gasteiger partial charge in [0.2, 0.25) is 0 Å². The SMILES string of the molecule is C[NH+](CC(=O)NC(=O)Nc1ccccc1F)Cc1c(F)cccc1Cl. The highest BCUT2D eigenvalue weighted by atomic mass is 35.5. The van der Waals surface area contributed by atoms with Crippen LogP contribution in [0.5, 0.6) is 0 Å². The van der Waals surface area contributed by atoms with E-state index in [0.29, 0.717) is 10.5 Å². The van der Waals surface area contributed by atoms with Crippen LogP contribution in [0, 0.1) is 11.6 Å².